The first kappa shape index (κ1) is 10.0. The van der Waals surface area contributed by atoms with Gasteiger partial charge in [-0.3, -0.25) is 0 Å². The van der Waals surface area contributed by atoms with Gasteiger partial charge in [-0.1, -0.05) is 30.2 Å². The molecule has 0 aromatic heterocycles. The average molecular weight is 211 g/mol. The second-order valence-electron chi connectivity index (χ2n) is 4.09. The number of benzene rings is 1. The molecule has 1 N–H and O–H groups in total. The largest absolute Gasteiger partial charge is 0.392 e. The maximum atomic E-state index is 9.87. The van der Waals surface area contributed by atoms with Crippen LogP contribution in [0, 0.1) is 5.92 Å². The molecule has 2 heteroatoms. The Morgan fingerprint density at radius 3 is 2.79 bits per heavy atom. The van der Waals surface area contributed by atoms with E-state index in [1.807, 2.05) is 24.3 Å². The van der Waals surface area contributed by atoms with Crippen LogP contribution < -0.4 is 0 Å². The van der Waals surface area contributed by atoms with E-state index in [4.69, 9.17) is 11.6 Å². The molecule has 0 aliphatic heterocycles. The lowest BCUT2D eigenvalue weighted by Gasteiger charge is -2.30. The highest BCUT2D eigenvalue weighted by Crippen LogP contribution is 2.31. The van der Waals surface area contributed by atoms with Crippen LogP contribution in [0.25, 0.3) is 0 Å². The van der Waals surface area contributed by atoms with Crippen molar-refractivity contribution < 1.29 is 5.11 Å². The molecule has 0 saturated heterocycles. The van der Waals surface area contributed by atoms with Crippen LogP contribution in [0.3, 0.4) is 0 Å². The van der Waals surface area contributed by atoms with Crippen molar-refractivity contribution in [2.75, 3.05) is 0 Å². The van der Waals surface area contributed by atoms with Crippen LogP contribution in [0.15, 0.2) is 24.3 Å². The van der Waals surface area contributed by atoms with Gasteiger partial charge in [0.05, 0.1) is 6.10 Å². The standard InChI is InChI=1S/C12H15ClO/c13-11-6-1-3-9(7-11)8-12(14)10-4-2-5-10/h1,3,6-7,10,12,14H,2,4-5,8H2. The topological polar surface area (TPSA) is 20.2 Å². The van der Waals surface area contributed by atoms with Crippen LogP contribution in [0.4, 0.5) is 0 Å². The maximum Gasteiger partial charge on any atom is 0.0608 e. The fourth-order valence-electron chi connectivity index (χ4n) is 1.90. The van der Waals surface area contributed by atoms with Crippen LogP contribution in [0.1, 0.15) is 24.8 Å². The second-order valence-corrected chi connectivity index (χ2v) is 4.53. The van der Waals surface area contributed by atoms with Crippen molar-refractivity contribution in [1.29, 1.82) is 0 Å². The minimum absolute atomic E-state index is 0.179. The van der Waals surface area contributed by atoms with Crippen molar-refractivity contribution in [3.63, 3.8) is 0 Å². The molecule has 0 spiro atoms. The Morgan fingerprint density at radius 2 is 2.21 bits per heavy atom. The lowest BCUT2D eigenvalue weighted by Crippen LogP contribution is -2.28. The van der Waals surface area contributed by atoms with Gasteiger partial charge in [0.2, 0.25) is 0 Å². The third-order valence-corrected chi connectivity index (χ3v) is 3.26. The van der Waals surface area contributed by atoms with Gasteiger partial charge in [0.1, 0.15) is 0 Å². The molecular weight excluding hydrogens is 196 g/mol. The maximum absolute atomic E-state index is 9.87. The zero-order chi connectivity index (χ0) is 9.97. The molecule has 14 heavy (non-hydrogen) atoms. The van der Waals surface area contributed by atoms with Gasteiger partial charge in [-0.2, -0.15) is 0 Å². The van der Waals surface area contributed by atoms with Gasteiger partial charge in [0.25, 0.3) is 0 Å². The van der Waals surface area contributed by atoms with E-state index in [0.29, 0.717) is 5.92 Å². The molecule has 0 radical (unpaired) electrons. The molecule has 1 fully saturated rings. The highest BCUT2D eigenvalue weighted by atomic mass is 35.5. The van der Waals surface area contributed by atoms with Crippen LogP contribution in [0.5, 0.6) is 0 Å². The number of rotatable bonds is 3. The Balaban J connectivity index is 1.95. The van der Waals surface area contributed by atoms with Gasteiger partial charge in [-0.05, 0) is 42.9 Å². The van der Waals surface area contributed by atoms with Crippen LogP contribution >= 0.6 is 11.6 Å². The predicted octanol–water partition coefficient (Wildman–Crippen LogP) is 3.04. The van der Waals surface area contributed by atoms with Gasteiger partial charge in [0.15, 0.2) is 0 Å². The van der Waals surface area contributed by atoms with Crippen molar-refractivity contribution in [1.82, 2.24) is 0 Å². The van der Waals surface area contributed by atoms with E-state index in [0.717, 1.165) is 17.0 Å². The normalized spacial score (nSPS) is 19.0. The number of aliphatic hydroxyl groups is 1. The lowest BCUT2D eigenvalue weighted by atomic mass is 9.79. The fraction of sp³-hybridized carbons (Fsp3) is 0.500. The van der Waals surface area contributed by atoms with E-state index < -0.39 is 0 Å². The predicted molar refractivity (Wildman–Crippen MR) is 58.5 cm³/mol. The van der Waals surface area contributed by atoms with Crippen molar-refractivity contribution in [2.45, 2.75) is 31.8 Å². The van der Waals surface area contributed by atoms with Gasteiger partial charge in [-0.25, -0.2) is 0 Å². The minimum atomic E-state index is -0.179. The summed E-state index contributed by atoms with van der Waals surface area (Å²) in [6.45, 7) is 0. The quantitative estimate of drug-likeness (QED) is 0.813. The number of hydrogen-bond donors (Lipinski definition) is 1. The van der Waals surface area contributed by atoms with E-state index in [9.17, 15) is 5.11 Å². The molecule has 1 nitrogen and oxygen atoms in total. The molecule has 76 valence electrons. The average Bonchev–Trinajstić information content (AvgIpc) is 1.99. The molecule has 0 bridgehead atoms. The third-order valence-electron chi connectivity index (χ3n) is 3.03. The summed E-state index contributed by atoms with van der Waals surface area (Å²) in [5.41, 5.74) is 1.14. The van der Waals surface area contributed by atoms with E-state index in [2.05, 4.69) is 0 Å². The van der Waals surface area contributed by atoms with Gasteiger partial charge in [-0.15, -0.1) is 0 Å². The summed E-state index contributed by atoms with van der Waals surface area (Å²) in [7, 11) is 0. The number of hydrogen-bond acceptors (Lipinski definition) is 1. The Labute approximate surface area is 89.7 Å². The Hall–Kier alpha value is -0.530. The number of aliphatic hydroxyl groups excluding tert-OH is 1. The molecule has 2 rings (SSSR count). The number of halogens is 1. The summed E-state index contributed by atoms with van der Waals surface area (Å²) in [5, 5.41) is 10.6. The summed E-state index contributed by atoms with van der Waals surface area (Å²) in [5.74, 6) is 0.522. The van der Waals surface area contributed by atoms with Gasteiger partial charge < -0.3 is 5.11 Å². The molecule has 1 aliphatic carbocycles. The molecular formula is C12H15ClO. The molecule has 1 aliphatic rings. The molecule has 1 unspecified atom stereocenters. The first-order valence-electron chi connectivity index (χ1n) is 5.18. The molecule has 1 aromatic rings. The molecule has 0 amide bonds. The minimum Gasteiger partial charge on any atom is -0.392 e. The Bertz CT molecular complexity index is 307. The summed E-state index contributed by atoms with van der Waals surface area (Å²) >= 11 is 5.87. The van der Waals surface area contributed by atoms with E-state index in [-0.39, 0.29) is 6.10 Å². The highest BCUT2D eigenvalue weighted by molar-refractivity contribution is 6.30. The van der Waals surface area contributed by atoms with Gasteiger partial charge >= 0.3 is 0 Å². The summed E-state index contributed by atoms with van der Waals surface area (Å²) in [6, 6.07) is 7.75. The van der Waals surface area contributed by atoms with Crippen molar-refractivity contribution in [3.05, 3.63) is 34.9 Å². The molecule has 1 aromatic carbocycles. The zero-order valence-electron chi connectivity index (χ0n) is 8.12. The summed E-state index contributed by atoms with van der Waals surface area (Å²) in [6.07, 6.45) is 4.20. The third kappa shape index (κ3) is 2.28. The Morgan fingerprint density at radius 1 is 1.43 bits per heavy atom. The van der Waals surface area contributed by atoms with E-state index >= 15 is 0 Å². The zero-order valence-corrected chi connectivity index (χ0v) is 8.87. The van der Waals surface area contributed by atoms with Crippen molar-refractivity contribution >= 4 is 11.6 Å². The summed E-state index contributed by atoms with van der Waals surface area (Å²) in [4.78, 5) is 0. The van der Waals surface area contributed by atoms with Gasteiger partial charge in [0, 0.05) is 5.02 Å². The molecule has 1 atom stereocenters. The first-order valence-corrected chi connectivity index (χ1v) is 5.56. The van der Waals surface area contributed by atoms with Crippen molar-refractivity contribution in [2.24, 2.45) is 5.92 Å². The van der Waals surface area contributed by atoms with Crippen LogP contribution in [0.2, 0.25) is 5.02 Å². The fourth-order valence-corrected chi connectivity index (χ4v) is 2.11. The second kappa shape index (κ2) is 4.33. The molecule has 1 saturated carbocycles. The smallest absolute Gasteiger partial charge is 0.0608 e. The highest BCUT2D eigenvalue weighted by Gasteiger charge is 2.25. The van der Waals surface area contributed by atoms with Crippen LogP contribution in [-0.2, 0) is 6.42 Å². The van der Waals surface area contributed by atoms with E-state index in [1.54, 1.807) is 0 Å². The van der Waals surface area contributed by atoms with Crippen LogP contribution in [-0.4, -0.2) is 11.2 Å². The van der Waals surface area contributed by atoms with Crippen molar-refractivity contribution in [3.8, 4) is 0 Å². The monoisotopic (exact) mass is 210 g/mol. The Kier molecular flexibility index (Phi) is 3.09. The molecule has 0 heterocycles. The lowest BCUT2D eigenvalue weighted by molar-refractivity contribution is 0.0630. The van der Waals surface area contributed by atoms with E-state index in [1.165, 1.54) is 19.3 Å². The SMILES string of the molecule is OC(Cc1cccc(Cl)c1)C1CCC1. The summed E-state index contributed by atoms with van der Waals surface area (Å²) < 4.78 is 0. The first-order chi connectivity index (χ1) is 6.75.